The van der Waals surface area contributed by atoms with Crippen molar-refractivity contribution in [2.75, 3.05) is 13.2 Å². The molecule has 0 aliphatic carbocycles. The fraction of sp³-hybridized carbons (Fsp3) is 0.640. The van der Waals surface area contributed by atoms with E-state index in [0.717, 1.165) is 161 Å². The molecule has 0 aromatic rings. The van der Waals surface area contributed by atoms with Gasteiger partial charge in [0.2, 0.25) is 0 Å². The average Bonchev–Trinajstić information content (AvgIpc) is 3.47. The Bertz CT molecular complexity index is 1760. The van der Waals surface area contributed by atoms with Gasteiger partial charge in [-0.25, -0.2) is 0 Å². The molecule has 0 amide bonds. The molecule has 0 saturated carbocycles. The summed E-state index contributed by atoms with van der Waals surface area (Å²) in [4.78, 5) is 38.4. The van der Waals surface area contributed by atoms with Gasteiger partial charge in [0.05, 0.1) is 0 Å². The van der Waals surface area contributed by atoms with Crippen molar-refractivity contribution in [3.8, 4) is 0 Å². The number of allylic oxidation sites excluding steroid dienone is 24. The van der Waals surface area contributed by atoms with Gasteiger partial charge in [0.1, 0.15) is 13.2 Å². The molecule has 81 heavy (non-hydrogen) atoms. The van der Waals surface area contributed by atoms with E-state index < -0.39 is 6.10 Å². The standard InChI is InChI=1S/C75H122O6/c1-4-7-10-13-16-19-22-25-28-30-32-34-35-36-37-38-39-41-42-44-47-50-53-56-59-62-65-68-74(77)80-71-72(70-79-73(76)67-64-61-58-55-52-49-46-27-24-21-18-15-12-9-6-3)81-75(78)69-66-63-60-57-54-51-48-45-43-40-33-31-29-26-23-20-17-14-11-8-5-2/h7-12,16-21,25-29,32-34,36-37,40,46,72H,4-6,13-15,22-24,30-31,35,38-39,41-45,47-71H2,1-3H3/b10-7-,11-8-,12-9-,19-16-,20-17-,21-18-,28-25-,29-26-,34-32-,37-36-,40-33-,46-27-. The number of carbonyl (C=O) groups is 3. The summed E-state index contributed by atoms with van der Waals surface area (Å²) in [5.41, 5.74) is 0. The van der Waals surface area contributed by atoms with E-state index >= 15 is 0 Å². The van der Waals surface area contributed by atoms with Crippen LogP contribution >= 0.6 is 0 Å². The predicted octanol–water partition coefficient (Wildman–Crippen LogP) is 23.1. The molecule has 0 bridgehead atoms. The lowest BCUT2D eigenvalue weighted by Gasteiger charge is -2.18. The maximum Gasteiger partial charge on any atom is 0.306 e. The minimum atomic E-state index is -0.799. The summed E-state index contributed by atoms with van der Waals surface area (Å²) >= 11 is 0. The summed E-state index contributed by atoms with van der Waals surface area (Å²) in [6.07, 6.45) is 97.1. The maximum absolute atomic E-state index is 12.9. The fourth-order valence-electron chi connectivity index (χ4n) is 8.95. The molecule has 0 N–H and O–H groups in total. The van der Waals surface area contributed by atoms with E-state index in [9.17, 15) is 14.4 Å². The Morgan fingerprint density at radius 3 is 0.691 bits per heavy atom. The first kappa shape index (κ1) is 76.3. The molecule has 1 atom stereocenters. The van der Waals surface area contributed by atoms with Crippen LogP contribution in [0.5, 0.6) is 0 Å². The van der Waals surface area contributed by atoms with Gasteiger partial charge in [0, 0.05) is 19.3 Å². The highest BCUT2D eigenvalue weighted by molar-refractivity contribution is 5.71. The van der Waals surface area contributed by atoms with Crippen LogP contribution < -0.4 is 0 Å². The molecule has 1 unspecified atom stereocenters. The highest BCUT2D eigenvalue weighted by atomic mass is 16.6. The smallest absolute Gasteiger partial charge is 0.306 e. The highest BCUT2D eigenvalue weighted by Crippen LogP contribution is 2.16. The van der Waals surface area contributed by atoms with E-state index in [1.165, 1.54) is 89.9 Å². The highest BCUT2D eigenvalue weighted by Gasteiger charge is 2.19. The van der Waals surface area contributed by atoms with E-state index in [4.69, 9.17) is 14.2 Å². The van der Waals surface area contributed by atoms with Crippen molar-refractivity contribution < 1.29 is 28.6 Å². The zero-order valence-corrected chi connectivity index (χ0v) is 52.5. The number of esters is 3. The number of ether oxygens (including phenoxy) is 3. The first-order valence-electron chi connectivity index (χ1n) is 33.3. The molecule has 6 heteroatoms. The first-order valence-corrected chi connectivity index (χ1v) is 33.3. The molecule has 0 spiro atoms. The molecular weight excluding hydrogens is 997 g/mol. The van der Waals surface area contributed by atoms with Crippen molar-refractivity contribution in [3.63, 3.8) is 0 Å². The number of carbonyl (C=O) groups excluding carboxylic acids is 3. The lowest BCUT2D eigenvalue weighted by atomic mass is 10.0. The monoisotopic (exact) mass is 1120 g/mol. The summed E-state index contributed by atoms with van der Waals surface area (Å²) in [6.45, 7) is 6.29. The van der Waals surface area contributed by atoms with Gasteiger partial charge in [-0.05, 0) is 135 Å². The fourth-order valence-corrected chi connectivity index (χ4v) is 8.95. The van der Waals surface area contributed by atoms with Crippen LogP contribution in [-0.4, -0.2) is 37.2 Å². The van der Waals surface area contributed by atoms with Crippen molar-refractivity contribution >= 4 is 17.9 Å². The van der Waals surface area contributed by atoms with E-state index in [0.29, 0.717) is 19.3 Å². The van der Waals surface area contributed by atoms with Crippen LogP contribution in [0, 0.1) is 0 Å². The molecule has 0 aromatic carbocycles. The van der Waals surface area contributed by atoms with Gasteiger partial charge in [0.15, 0.2) is 6.10 Å². The van der Waals surface area contributed by atoms with Crippen LogP contribution in [0.2, 0.25) is 0 Å². The van der Waals surface area contributed by atoms with Crippen LogP contribution in [0.3, 0.4) is 0 Å². The lowest BCUT2D eigenvalue weighted by Crippen LogP contribution is -2.30. The predicted molar refractivity (Wildman–Crippen MR) is 352 cm³/mol. The number of unbranched alkanes of at least 4 members (excludes halogenated alkanes) is 24. The van der Waals surface area contributed by atoms with E-state index in [2.05, 4.69) is 167 Å². The van der Waals surface area contributed by atoms with Gasteiger partial charge < -0.3 is 14.2 Å². The molecular formula is C75H122O6. The molecule has 0 saturated heterocycles. The molecule has 0 aliphatic heterocycles. The number of hydrogen-bond acceptors (Lipinski definition) is 6. The van der Waals surface area contributed by atoms with Gasteiger partial charge in [-0.2, -0.15) is 0 Å². The SMILES string of the molecule is CC/C=C\C/C=C\C/C=C\C/C=C\C/C=C\CCCCCCCCCCCCCC(=O)OCC(COC(=O)CCCCCCC/C=C\C/C=C\C/C=C\CC)OC(=O)CCCCCCCCCC/C=C\C/C=C\C/C=C\C/C=C\CC. The largest absolute Gasteiger partial charge is 0.462 e. The molecule has 0 aliphatic rings. The Balaban J connectivity index is 4.38. The summed E-state index contributed by atoms with van der Waals surface area (Å²) in [5, 5.41) is 0. The molecule has 0 radical (unpaired) electrons. The Hall–Kier alpha value is -4.71. The number of hydrogen-bond donors (Lipinski definition) is 0. The molecule has 6 nitrogen and oxygen atoms in total. The minimum absolute atomic E-state index is 0.0927. The normalized spacial score (nSPS) is 13.1. The van der Waals surface area contributed by atoms with Gasteiger partial charge in [-0.15, -0.1) is 0 Å². The number of rotatable bonds is 59. The second-order valence-electron chi connectivity index (χ2n) is 21.6. The van der Waals surface area contributed by atoms with Crippen LogP contribution in [0.1, 0.15) is 290 Å². The second kappa shape index (κ2) is 67.8. The molecule has 0 heterocycles. The van der Waals surface area contributed by atoms with E-state index in [1.54, 1.807) is 0 Å². The average molecular weight is 1120 g/mol. The molecule has 458 valence electrons. The van der Waals surface area contributed by atoms with E-state index in [-0.39, 0.29) is 31.1 Å². The third-order valence-electron chi connectivity index (χ3n) is 13.8. The third-order valence-corrected chi connectivity index (χ3v) is 13.8. The zero-order chi connectivity index (χ0) is 58.5. The van der Waals surface area contributed by atoms with Crippen LogP contribution in [0.4, 0.5) is 0 Å². The van der Waals surface area contributed by atoms with Crippen molar-refractivity contribution in [1.29, 1.82) is 0 Å². The van der Waals surface area contributed by atoms with Crippen molar-refractivity contribution in [3.05, 3.63) is 146 Å². The van der Waals surface area contributed by atoms with E-state index in [1.807, 2.05) is 0 Å². The van der Waals surface area contributed by atoms with Crippen LogP contribution in [-0.2, 0) is 28.6 Å². The lowest BCUT2D eigenvalue weighted by molar-refractivity contribution is -0.167. The van der Waals surface area contributed by atoms with Gasteiger partial charge in [-0.1, -0.05) is 282 Å². The minimum Gasteiger partial charge on any atom is -0.462 e. The third kappa shape index (κ3) is 66.0. The quantitative estimate of drug-likeness (QED) is 0.0261. The molecule has 0 rings (SSSR count). The summed E-state index contributed by atoms with van der Waals surface area (Å²) in [7, 11) is 0. The summed E-state index contributed by atoms with van der Waals surface area (Å²) in [5.74, 6) is -0.918. The van der Waals surface area contributed by atoms with Gasteiger partial charge >= 0.3 is 17.9 Å². The molecule has 0 aromatic heterocycles. The van der Waals surface area contributed by atoms with Crippen LogP contribution in [0.25, 0.3) is 0 Å². The Morgan fingerprint density at radius 1 is 0.247 bits per heavy atom. The van der Waals surface area contributed by atoms with Crippen molar-refractivity contribution in [2.45, 2.75) is 297 Å². The van der Waals surface area contributed by atoms with Gasteiger partial charge in [-0.3, -0.25) is 14.4 Å². The molecule has 0 fully saturated rings. The Labute approximate surface area is 499 Å². The zero-order valence-electron chi connectivity index (χ0n) is 52.5. The second-order valence-corrected chi connectivity index (χ2v) is 21.6. The van der Waals surface area contributed by atoms with Crippen molar-refractivity contribution in [2.24, 2.45) is 0 Å². The first-order chi connectivity index (χ1) is 40.0. The van der Waals surface area contributed by atoms with Crippen LogP contribution in [0.15, 0.2) is 146 Å². The summed E-state index contributed by atoms with van der Waals surface area (Å²) < 4.78 is 16.9. The maximum atomic E-state index is 12.9. The Kier molecular flexibility index (Phi) is 63.9. The summed E-state index contributed by atoms with van der Waals surface area (Å²) in [6, 6.07) is 0. The van der Waals surface area contributed by atoms with Crippen molar-refractivity contribution in [1.82, 2.24) is 0 Å². The topological polar surface area (TPSA) is 78.9 Å². The Morgan fingerprint density at radius 2 is 0.444 bits per heavy atom. The van der Waals surface area contributed by atoms with Gasteiger partial charge in [0.25, 0.3) is 0 Å².